The number of nitrogens with zero attached hydrogens (tertiary/aromatic N) is 3. The van der Waals surface area contributed by atoms with Crippen LogP contribution in [-0.4, -0.2) is 13.9 Å². The van der Waals surface area contributed by atoms with Gasteiger partial charge in [-0.3, -0.25) is 0 Å². The highest BCUT2D eigenvalue weighted by Crippen LogP contribution is 2.28. The minimum atomic E-state index is 1.03. The summed E-state index contributed by atoms with van der Waals surface area (Å²) >= 11 is 1.53. The molecular weight excluding hydrogens is 218 g/mol. The van der Waals surface area contributed by atoms with Crippen molar-refractivity contribution < 1.29 is 0 Å². The minimum absolute atomic E-state index is 1.03. The van der Waals surface area contributed by atoms with Crippen LogP contribution < -0.4 is 0 Å². The highest BCUT2D eigenvalue weighted by atomic mass is 32.1. The quantitative estimate of drug-likeness (QED) is 0.642. The lowest BCUT2D eigenvalue weighted by Gasteiger charge is -2.04. The van der Waals surface area contributed by atoms with Crippen molar-refractivity contribution in [3.63, 3.8) is 0 Å². The van der Waals surface area contributed by atoms with E-state index in [1.807, 2.05) is 25.6 Å². The number of benzene rings is 1. The molecule has 0 aliphatic carbocycles. The third-order valence-corrected chi connectivity index (χ3v) is 3.53. The van der Waals surface area contributed by atoms with Crippen LogP contribution in [0.15, 0.2) is 30.9 Å². The van der Waals surface area contributed by atoms with Gasteiger partial charge in [-0.15, -0.1) is 0 Å². The van der Waals surface area contributed by atoms with Gasteiger partial charge in [-0.25, -0.2) is 4.98 Å². The van der Waals surface area contributed by atoms with Gasteiger partial charge in [-0.1, -0.05) is 6.07 Å². The molecule has 0 aliphatic rings. The molecule has 1 aromatic carbocycles. The molecule has 0 fully saturated rings. The van der Waals surface area contributed by atoms with Gasteiger partial charge >= 0.3 is 0 Å². The Bertz CT molecular complexity index is 651. The van der Waals surface area contributed by atoms with Crippen LogP contribution in [0.2, 0.25) is 0 Å². The van der Waals surface area contributed by atoms with Crippen LogP contribution in [0.5, 0.6) is 0 Å². The van der Waals surface area contributed by atoms with Crippen molar-refractivity contribution in [3.8, 4) is 5.69 Å². The predicted octanol–water partition coefficient (Wildman–Crippen LogP) is 3.10. The molecule has 0 N–H and O–H groups in total. The number of fused-ring (bicyclic) bond motifs is 1. The van der Waals surface area contributed by atoms with Gasteiger partial charge in [0.05, 0.1) is 22.4 Å². The zero-order valence-electron chi connectivity index (χ0n) is 9.14. The molecule has 0 amide bonds. The number of imidazole rings is 1. The summed E-state index contributed by atoms with van der Waals surface area (Å²) in [6.45, 7) is 4.11. The van der Waals surface area contributed by atoms with Crippen LogP contribution in [0.4, 0.5) is 0 Å². The second-order valence-electron chi connectivity index (χ2n) is 3.89. The van der Waals surface area contributed by atoms with E-state index in [4.69, 9.17) is 0 Å². The van der Waals surface area contributed by atoms with Crippen LogP contribution in [0.3, 0.4) is 0 Å². The second-order valence-corrected chi connectivity index (χ2v) is 4.69. The van der Waals surface area contributed by atoms with E-state index in [1.165, 1.54) is 27.2 Å². The Balaban J connectivity index is 2.32. The Morgan fingerprint density at radius 1 is 1.25 bits per heavy atom. The molecule has 3 rings (SSSR count). The molecule has 3 aromatic rings. The van der Waals surface area contributed by atoms with E-state index in [1.54, 1.807) is 0 Å². The maximum atomic E-state index is 4.26. The van der Waals surface area contributed by atoms with E-state index in [9.17, 15) is 0 Å². The van der Waals surface area contributed by atoms with E-state index in [2.05, 4.69) is 33.0 Å². The van der Waals surface area contributed by atoms with E-state index in [-0.39, 0.29) is 0 Å². The van der Waals surface area contributed by atoms with Crippen LogP contribution in [-0.2, 0) is 0 Å². The average molecular weight is 229 g/mol. The third kappa shape index (κ3) is 1.34. The molecule has 2 aromatic heterocycles. The summed E-state index contributed by atoms with van der Waals surface area (Å²) in [7, 11) is 0. The Labute approximate surface area is 97.5 Å². The molecule has 0 spiro atoms. The molecule has 16 heavy (non-hydrogen) atoms. The van der Waals surface area contributed by atoms with Crippen molar-refractivity contribution in [2.45, 2.75) is 13.8 Å². The maximum absolute atomic E-state index is 4.26. The van der Waals surface area contributed by atoms with Crippen LogP contribution >= 0.6 is 11.5 Å². The molecule has 80 valence electrons. The summed E-state index contributed by atoms with van der Waals surface area (Å²) in [4.78, 5) is 4.25. The number of rotatable bonds is 1. The Kier molecular flexibility index (Phi) is 2.04. The zero-order chi connectivity index (χ0) is 11.1. The molecule has 0 radical (unpaired) electrons. The molecule has 3 nitrogen and oxygen atoms in total. The van der Waals surface area contributed by atoms with Gasteiger partial charge in [0, 0.05) is 17.8 Å². The fourth-order valence-electron chi connectivity index (χ4n) is 1.83. The lowest BCUT2D eigenvalue weighted by Crippen LogP contribution is -1.90. The van der Waals surface area contributed by atoms with E-state index < -0.39 is 0 Å². The van der Waals surface area contributed by atoms with Crippen LogP contribution in [0.1, 0.15) is 11.3 Å². The SMILES string of the molecule is Cc1cn(-c2ccc(C)c3cnsc23)cn1. The zero-order valence-corrected chi connectivity index (χ0v) is 9.95. The highest BCUT2D eigenvalue weighted by Gasteiger charge is 2.07. The first-order chi connectivity index (χ1) is 7.75. The van der Waals surface area contributed by atoms with Gasteiger partial charge in [0.25, 0.3) is 0 Å². The number of aryl methyl sites for hydroxylation is 2. The second kappa shape index (κ2) is 3.42. The van der Waals surface area contributed by atoms with Crippen LogP contribution in [0.25, 0.3) is 15.8 Å². The molecule has 0 saturated heterocycles. The lowest BCUT2D eigenvalue weighted by atomic mass is 10.1. The van der Waals surface area contributed by atoms with Gasteiger partial charge in [0.2, 0.25) is 0 Å². The summed E-state index contributed by atoms with van der Waals surface area (Å²) in [6, 6.07) is 4.25. The van der Waals surface area contributed by atoms with Crippen molar-refractivity contribution in [3.05, 3.63) is 42.1 Å². The standard InChI is InChI=1S/C12H11N3S/c1-8-3-4-11(12-10(8)5-14-16-12)15-6-9(2)13-7-15/h3-7H,1-2H3. The summed E-state index contributed by atoms with van der Waals surface area (Å²) in [5.74, 6) is 0. The third-order valence-electron chi connectivity index (χ3n) is 2.71. The predicted molar refractivity (Wildman–Crippen MR) is 66.2 cm³/mol. The van der Waals surface area contributed by atoms with E-state index in [0.29, 0.717) is 0 Å². The number of hydrogen-bond donors (Lipinski definition) is 0. The Hall–Kier alpha value is -1.68. The van der Waals surface area contributed by atoms with Gasteiger partial charge in [0.15, 0.2) is 0 Å². The first kappa shape index (κ1) is 9.54. The Morgan fingerprint density at radius 3 is 2.88 bits per heavy atom. The van der Waals surface area contributed by atoms with Gasteiger partial charge in [-0.2, -0.15) is 4.37 Å². The van der Waals surface area contributed by atoms with Crippen molar-refractivity contribution in [1.29, 1.82) is 0 Å². The van der Waals surface area contributed by atoms with E-state index >= 15 is 0 Å². The highest BCUT2D eigenvalue weighted by molar-refractivity contribution is 7.13. The lowest BCUT2D eigenvalue weighted by molar-refractivity contribution is 1.07. The van der Waals surface area contributed by atoms with Gasteiger partial charge in [0.1, 0.15) is 0 Å². The monoisotopic (exact) mass is 229 g/mol. The fourth-order valence-corrected chi connectivity index (χ4v) is 2.67. The first-order valence-electron chi connectivity index (χ1n) is 5.10. The smallest absolute Gasteiger partial charge is 0.0995 e. The molecule has 0 atom stereocenters. The van der Waals surface area contributed by atoms with Crippen LogP contribution in [0, 0.1) is 13.8 Å². The molecule has 2 heterocycles. The fraction of sp³-hybridized carbons (Fsp3) is 0.167. The summed E-state index contributed by atoms with van der Waals surface area (Å²) < 4.78 is 7.53. The Morgan fingerprint density at radius 2 is 2.12 bits per heavy atom. The molecule has 0 saturated carbocycles. The molecular formula is C12H11N3S. The molecule has 0 aliphatic heterocycles. The number of aromatic nitrogens is 3. The topological polar surface area (TPSA) is 30.7 Å². The molecule has 0 bridgehead atoms. The van der Waals surface area contributed by atoms with Crippen molar-refractivity contribution in [1.82, 2.24) is 13.9 Å². The summed E-state index contributed by atoms with van der Waals surface area (Å²) in [5, 5.41) is 1.23. The average Bonchev–Trinajstić information content (AvgIpc) is 2.87. The largest absolute Gasteiger partial charge is 0.305 e. The normalized spacial score (nSPS) is 11.1. The van der Waals surface area contributed by atoms with Crippen molar-refractivity contribution in [2.75, 3.05) is 0 Å². The van der Waals surface area contributed by atoms with Crippen molar-refractivity contribution in [2.24, 2.45) is 0 Å². The minimum Gasteiger partial charge on any atom is -0.305 e. The molecule has 0 unspecified atom stereocenters. The summed E-state index contributed by atoms with van der Waals surface area (Å²) in [6.07, 6.45) is 5.81. The number of hydrogen-bond acceptors (Lipinski definition) is 3. The molecule has 4 heteroatoms. The maximum Gasteiger partial charge on any atom is 0.0995 e. The van der Waals surface area contributed by atoms with Gasteiger partial charge < -0.3 is 4.57 Å². The van der Waals surface area contributed by atoms with E-state index in [0.717, 1.165) is 11.4 Å². The summed E-state index contributed by atoms with van der Waals surface area (Å²) in [5.41, 5.74) is 3.45. The van der Waals surface area contributed by atoms with Crippen molar-refractivity contribution >= 4 is 21.6 Å². The first-order valence-corrected chi connectivity index (χ1v) is 5.88. The van der Waals surface area contributed by atoms with Gasteiger partial charge in [-0.05, 0) is 37.0 Å².